The molecule has 1 heterocycles. The SMILES string of the molecule is COC(c1ccc(F)cc1)c1ncc2ccccc2n1. The molecule has 100 valence electrons. The third-order valence-corrected chi connectivity index (χ3v) is 3.15. The first-order valence-electron chi connectivity index (χ1n) is 6.28. The summed E-state index contributed by atoms with van der Waals surface area (Å²) in [5, 5.41) is 0.977. The molecular weight excluding hydrogens is 255 g/mol. The van der Waals surface area contributed by atoms with Gasteiger partial charge in [-0.05, 0) is 23.8 Å². The van der Waals surface area contributed by atoms with Crippen LogP contribution in [0.4, 0.5) is 4.39 Å². The van der Waals surface area contributed by atoms with Gasteiger partial charge in [0.1, 0.15) is 11.9 Å². The molecule has 3 rings (SSSR count). The molecule has 20 heavy (non-hydrogen) atoms. The number of para-hydroxylation sites is 1. The summed E-state index contributed by atoms with van der Waals surface area (Å²) in [6.07, 6.45) is 1.37. The lowest BCUT2D eigenvalue weighted by Crippen LogP contribution is -2.08. The van der Waals surface area contributed by atoms with E-state index in [9.17, 15) is 4.39 Å². The van der Waals surface area contributed by atoms with Gasteiger partial charge in [-0.25, -0.2) is 14.4 Å². The lowest BCUT2D eigenvalue weighted by Gasteiger charge is -2.14. The zero-order valence-electron chi connectivity index (χ0n) is 11.0. The topological polar surface area (TPSA) is 35.0 Å². The first-order chi connectivity index (χ1) is 9.78. The molecule has 1 atom stereocenters. The van der Waals surface area contributed by atoms with Crippen LogP contribution >= 0.6 is 0 Å². The molecule has 1 unspecified atom stereocenters. The van der Waals surface area contributed by atoms with Crippen molar-refractivity contribution in [1.29, 1.82) is 0 Å². The van der Waals surface area contributed by atoms with Crippen molar-refractivity contribution in [2.24, 2.45) is 0 Å². The van der Waals surface area contributed by atoms with Crippen molar-refractivity contribution in [3.05, 3.63) is 71.9 Å². The Morgan fingerprint density at radius 2 is 1.80 bits per heavy atom. The maximum Gasteiger partial charge on any atom is 0.162 e. The minimum Gasteiger partial charge on any atom is -0.369 e. The van der Waals surface area contributed by atoms with Gasteiger partial charge in [0.15, 0.2) is 5.82 Å². The molecule has 0 saturated carbocycles. The molecule has 1 aromatic heterocycles. The number of methoxy groups -OCH3 is 1. The third kappa shape index (κ3) is 2.38. The van der Waals surface area contributed by atoms with E-state index in [1.54, 1.807) is 25.4 Å². The summed E-state index contributed by atoms with van der Waals surface area (Å²) in [5.74, 6) is 0.292. The second kappa shape index (κ2) is 5.35. The molecule has 0 N–H and O–H groups in total. The van der Waals surface area contributed by atoms with Crippen molar-refractivity contribution in [1.82, 2.24) is 9.97 Å². The van der Waals surface area contributed by atoms with E-state index >= 15 is 0 Å². The number of rotatable bonds is 3. The molecule has 3 nitrogen and oxygen atoms in total. The Kier molecular flexibility index (Phi) is 3.39. The van der Waals surface area contributed by atoms with Crippen LogP contribution in [0.5, 0.6) is 0 Å². The summed E-state index contributed by atoms with van der Waals surface area (Å²) < 4.78 is 18.5. The van der Waals surface area contributed by atoms with Gasteiger partial charge in [0.2, 0.25) is 0 Å². The highest BCUT2D eigenvalue weighted by Crippen LogP contribution is 2.24. The van der Waals surface area contributed by atoms with Gasteiger partial charge in [-0.1, -0.05) is 30.3 Å². The summed E-state index contributed by atoms with van der Waals surface area (Å²) in [7, 11) is 1.59. The number of benzene rings is 2. The highest BCUT2D eigenvalue weighted by molar-refractivity contribution is 5.77. The summed E-state index contributed by atoms with van der Waals surface area (Å²) in [4.78, 5) is 8.86. The number of aromatic nitrogens is 2. The molecular formula is C16H13FN2O. The average molecular weight is 268 g/mol. The predicted molar refractivity (Wildman–Crippen MR) is 74.8 cm³/mol. The third-order valence-electron chi connectivity index (χ3n) is 3.15. The zero-order valence-corrected chi connectivity index (χ0v) is 11.0. The number of ether oxygens (including phenoxy) is 1. The van der Waals surface area contributed by atoms with E-state index in [1.807, 2.05) is 24.3 Å². The van der Waals surface area contributed by atoms with Crippen LogP contribution in [0.2, 0.25) is 0 Å². The normalized spacial score (nSPS) is 12.5. The zero-order chi connectivity index (χ0) is 13.9. The molecule has 0 saturated heterocycles. The van der Waals surface area contributed by atoms with Crippen molar-refractivity contribution >= 4 is 10.9 Å². The van der Waals surface area contributed by atoms with E-state index in [-0.39, 0.29) is 5.82 Å². The molecule has 0 aliphatic carbocycles. The molecule has 3 aromatic rings. The van der Waals surface area contributed by atoms with E-state index in [2.05, 4.69) is 9.97 Å². The molecule has 4 heteroatoms. The van der Waals surface area contributed by atoms with E-state index in [4.69, 9.17) is 4.74 Å². The Balaban J connectivity index is 2.04. The maximum atomic E-state index is 13.0. The van der Waals surface area contributed by atoms with Crippen molar-refractivity contribution in [3.8, 4) is 0 Å². The smallest absolute Gasteiger partial charge is 0.162 e. The maximum absolute atomic E-state index is 13.0. The van der Waals surface area contributed by atoms with Gasteiger partial charge < -0.3 is 4.74 Å². The lowest BCUT2D eigenvalue weighted by molar-refractivity contribution is 0.129. The molecule has 0 amide bonds. The number of nitrogens with zero attached hydrogens (tertiary/aromatic N) is 2. The fourth-order valence-corrected chi connectivity index (χ4v) is 2.14. The standard InChI is InChI=1S/C16H13FN2O/c1-20-15(11-6-8-13(17)9-7-11)16-18-10-12-4-2-3-5-14(12)19-16/h2-10,15H,1H3. The molecule has 0 spiro atoms. The van der Waals surface area contributed by atoms with Crippen LogP contribution in [0.25, 0.3) is 10.9 Å². The fraction of sp³-hybridized carbons (Fsp3) is 0.125. The number of hydrogen-bond acceptors (Lipinski definition) is 3. The Bertz CT molecular complexity index is 728. The Morgan fingerprint density at radius 3 is 2.55 bits per heavy atom. The quantitative estimate of drug-likeness (QED) is 0.729. The van der Waals surface area contributed by atoms with Crippen LogP contribution in [0.15, 0.2) is 54.7 Å². The highest BCUT2D eigenvalue weighted by Gasteiger charge is 2.16. The van der Waals surface area contributed by atoms with Gasteiger partial charge in [-0.2, -0.15) is 0 Å². The molecule has 0 aliphatic heterocycles. The fourth-order valence-electron chi connectivity index (χ4n) is 2.14. The van der Waals surface area contributed by atoms with E-state index in [0.29, 0.717) is 5.82 Å². The highest BCUT2D eigenvalue weighted by atomic mass is 19.1. The van der Waals surface area contributed by atoms with E-state index in [1.165, 1.54) is 12.1 Å². The molecule has 0 radical (unpaired) electrons. The van der Waals surface area contributed by atoms with Crippen LogP contribution in [-0.4, -0.2) is 17.1 Å². The predicted octanol–water partition coefficient (Wildman–Crippen LogP) is 3.50. The summed E-state index contributed by atoms with van der Waals surface area (Å²) >= 11 is 0. The first kappa shape index (κ1) is 12.7. The van der Waals surface area contributed by atoms with Gasteiger partial charge in [0.25, 0.3) is 0 Å². The van der Waals surface area contributed by atoms with Crippen LogP contribution in [0.3, 0.4) is 0 Å². The molecule has 0 aliphatic rings. The van der Waals surface area contributed by atoms with Crippen LogP contribution in [0.1, 0.15) is 17.5 Å². The van der Waals surface area contributed by atoms with E-state index < -0.39 is 6.10 Å². The van der Waals surface area contributed by atoms with Crippen molar-refractivity contribution in [3.63, 3.8) is 0 Å². The minimum atomic E-state index is -0.403. The monoisotopic (exact) mass is 268 g/mol. The Hall–Kier alpha value is -2.33. The number of fused-ring (bicyclic) bond motifs is 1. The second-order valence-electron chi connectivity index (χ2n) is 4.45. The summed E-state index contributed by atoms with van der Waals surface area (Å²) in [5.41, 5.74) is 1.69. The van der Waals surface area contributed by atoms with Crippen molar-refractivity contribution in [2.75, 3.05) is 7.11 Å². The number of hydrogen-bond donors (Lipinski definition) is 0. The molecule has 2 aromatic carbocycles. The van der Waals surface area contributed by atoms with Crippen LogP contribution in [-0.2, 0) is 4.74 Å². The second-order valence-corrected chi connectivity index (χ2v) is 4.45. The molecule has 0 bridgehead atoms. The van der Waals surface area contributed by atoms with Gasteiger partial charge >= 0.3 is 0 Å². The largest absolute Gasteiger partial charge is 0.369 e. The minimum absolute atomic E-state index is 0.275. The van der Waals surface area contributed by atoms with Gasteiger partial charge in [-0.3, -0.25) is 0 Å². The van der Waals surface area contributed by atoms with Crippen molar-refractivity contribution in [2.45, 2.75) is 6.10 Å². The first-order valence-corrected chi connectivity index (χ1v) is 6.28. The number of halogens is 1. The Morgan fingerprint density at radius 1 is 1.05 bits per heavy atom. The van der Waals surface area contributed by atoms with Gasteiger partial charge in [0.05, 0.1) is 5.52 Å². The van der Waals surface area contributed by atoms with Gasteiger partial charge in [0, 0.05) is 18.7 Å². The van der Waals surface area contributed by atoms with Crippen LogP contribution in [0, 0.1) is 5.82 Å². The summed E-state index contributed by atoms with van der Waals surface area (Å²) in [6, 6.07) is 13.9. The summed E-state index contributed by atoms with van der Waals surface area (Å²) in [6.45, 7) is 0. The van der Waals surface area contributed by atoms with E-state index in [0.717, 1.165) is 16.5 Å². The van der Waals surface area contributed by atoms with Crippen molar-refractivity contribution < 1.29 is 9.13 Å². The average Bonchev–Trinajstić information content (AvgIpc) is 2.50. The van der Waals surface area contributed by atoms with Crippen LogP contribution < -0.4 is 0 Å². The molecule has 0 fully saturated rings. The Labute approximate surface area is 116 Å². The van der Waals surface area contributed by atoms with Gasteiger partial charge in [-0.15, -0.1) is 0 Å². The lowest BCUT2D eigenvalue weighted by atomic mass is 10.1.